The first kappa shape index (κ1) is 15.7. The van der Waals surface area contributed by atoms with E-state index >= 15 is 0 Å². The summed E-state index contributed by atoms with van der Waals surface area (Å²) in [6.07, 6.45) is 6.65. The van der Waals surface area contributed by atoms with Crippen molar-refractivity contribution in [3.05, 3.63) is 0 Å². The number of thiol groups is 1. The third-order valence-corrected chi connectivity index (χ3v) is 4.74. The van der Waals surface area contributed by atoms with Crippen molar-refractivity contribution in [2.75, 3.05) is 12.0 Å². The van der Waals surface area contributed by atoms with E-state index in [1.165, 1.54) is 13.3 Å². The van der Waals surface area contributed by atoms with Gasteiger partial charge in [-0.2, -0.15) is 24.4 Å². The molecule has 0 bridgehead atoms. The average Bonchev–Trinajstić information content (AvgIpc) is 2.36. The summed E-state index contributed by atoms with van der Waals surface area (Å²) in [5.74, 6) is 0.00243. The predicted octanol–water partition coefficient (Wildman–Crippen LogP) is 1.21. The molecule has 1 aliphatic carbocycles. The van der Waals surface area contributed by atoms with Gasteiger partial charge in [-0.05, 0) is 19.1 Å². The van der Waals surface area contributed by atoms with Crippen molar-refractivity contribution in [2.45, 2.75) is 49.9 Å². The summed E-state index contributed by atoms with van der Waals surface area (Å²) in [7, 11) is 0. The molecule has 3 unspecified atom stereocenters. The summed E-state index contributed by atoms with van der Waals surface area (Å²) < 4.78 is 0. The van der Waals surface area contributed by atoms with E-state index < -0.39 is 6.04 Å². The topological polar surface area (TPSA) is 58.2 Å². The lowest BCUT2D eigenvalue weighted by atomic mass is 9.94. The van der Waals surface area contributed by atoms with Crippen LogP contribution in [0, 0.1) is 0 Å². The molecule has 0 aromatic heterocycles. The monoisotopic (exact) mass is 290 g/mol. The smallest absolute Gasteiger partial charge is 0.243 e. The zero-order valence-corrected chi connectivity index (χ0v) is 12.7. The summed E-state index contributed by atoms with van der Waals surface area (Å²) in [5.41, 5.74) is 0. The lowest BCUT2D eigenvalue weighted by molar-refractivity contribution is -0.128. The Balaban J connectivity index is 2.52. The Morgan fingerprint density at radius 1 is 1.39 bits per heavy atom. The van der Waals surface area contributed by atoms with Gasteiger partial charge in [-0.15, -0.1) is 0 Å². The van der Waals surface area contributed by atoms with Crippen LogP contribution in [-0.4, -0.2) is 41.2 Å². The van der Waals surface area contributed by atoms with E-state index in [2.05, 4.69) is 29.5 Å². The van der Waals surface area contributed by atoms with Gasteiger partial charge in [-0.3, -0.25) is 9.59 Å². The van der Waals surface area contributed by atoms with Gasteiger partial charge >= 0.3 is 0 Å². The highest BCUT2D eigenvalue weighted by Gasteiger charge is 2.28. The number of rotatable bonds is 5. The molecule has 2 amide bonds. The molecule has 1 aliphatic rings. The normalized spacial score (nSPS) is 25.3. The van der Waals surface area contributed by atoms with Crippen LogP contribution in [0.25, 0.3) is 0 Å². The van der Waals surface area contributed by atoms with Gasteiger partial charge in [0.05, 0.1) is 0 Å². The van der Waals surface area contributed by atoms with Crippen molar-refractivity contribution in [3.63, 3.8) is 0 Å². The van der Waals surface area contributed by atoms with E-state index in [-0.39, 0.29) is 17.9 Å². The number of carbonyl (C=O) groups excluding carboxylic acids is 2. The van der Waals surface area contributed by atoms with Gasteiger partial charge in [-0.25, -0.2) is 0 Å². The summed E-state index contributed by atoms with van der Waals surface area (Å²) in [6.45, 7) is 1.41. The molecule has 0 aliphatic heterocycles. The molecule has 2 N–H and O–H groups in total. The average molecular weight is 290 g/mol. The second-order valence-electron chi connectivity index (χ2n) is 4.61. The van der Waals surface area contributed by atoms with Crippen LogP contribution in [0.3, 0.4) is 0 Å². The van der Waals surface area contributed by atoms with Crippen LogP contribution in [0.4, 0.5) is 0 Å². The highest BCUT2D eigenvalue weighted by Crippen LogP contribution is 2.27. The second kappa shape index (κ2) is 7.94. The Bertz CT molecular complexity index is 300. The van der Waals surface area contributed by atoms with Gasteiger partial charge < -0.3 is 10.6 Å². The number of hydrogen-bond donors (Lipinski definition) is 3. The molecule has 1 fully saturated rings. The van der Waals surface area contributed by atoms with Crippen molar-refractivity contribution in [1.82, 2.24) is 10.6 Å². The standard InChI is InChI=1S/C12H22N2O2S2/c1-8(15)13-10(7-17)12(16)14-9-5-3-4-6-11(9)18-2/h9-11,17H,3-7H2,1-2H3,(H,13,15)(H,14,16). The molecule has 1 rings (SSSR count). The van der Waals surface area contributed by atoms with Crippen molar-refractivity contribution >= 4 is 36.2 Å². The number of nitrogens with one attached hydrogen (secondary N) is 2. The highest BCUT2D eigenvalue weighted by molar-refractivity contribution is 7.99. The maximum absolute atomic E-state index is 12.1. The van der Waals surface area contributed by atoms with Crippen LogP contribution < -0.4 is 10.6 Å². The molecule has 0 aromatic rings. The first-order chi connectivity index (χ1) is 8.58. The molecule has 0 saturated heterocycles. The van der Waals surface area contributed by atoms with Crippen molar-refractivity contribution in [1.29, 1.82) is 0 Å². The minimum atomic E-state index is -0.532. The van der Waals surface area contributed by atoms with Crippen molar-refractivity contribution in [3.8, 4) is 0 Å². The molecule has 3 atom stereocenters. The number of thioether (sulfide) groups is 1. The maximum atomic E-state index is 12.1. The van der Waals surface area contributed by atoms with E-state index in [0.717, 1.165) is 19.3 Å². The van der Waals surface area contributed by atoms with Gasteiger partial charge in [0.2, 0.25) is 11.8 Å². The Hall–Kier alpha value is -0.360. The van der Waals surface area contributed by atoms with Crippen LogP contribution in [-0.2, 0) is 9.59 Å². The summed E-state index contributed by atoms with van der Waals surface area (Å²) in [5, 5.41) is 6.16. The lowest BCUT2D eigenvalue weighted by Gasteiger charge is -2.32. The minimum absolute atomic E-state index is 0.119. The van der Waals surface area contributed by atoms with Gasteiger partial charge in [0.15, 0.2) is 0 Å². The molecule has 4 nitrogen and oxygen atoms in total. The summed E-state index contributed by atoms with van der Waals surface area (Å²) >= 11 is 5.92. The minimum Gasteiger partial charge on any atom is -0.350 e. The molecule has 0 spiro atoms. The van der Waals surface area contributed by atoms with Crippen LogP contribution in [0.15, 0.2) is 0 Å². The maximum Gasteiger partial charge on any atom is 0.243 e. The fraction of sp³-hybridized carbons (Fsp3) is 0.833. The predicted molar refractivity (Wildman–Crippen MR) is 79.2 cm³/mol. The highest BCUT2D eigenvalue weighted by atomic mass is 32.2. The molecule has 0 radical (unpaired) electrons. The number of carbonyl (C=O) groups is 2. The van der Waals surface area contributed by atoms with Gasteiger partial charge in [0.1, 0.15) is 6.04 Å². The van der Waals surface area contributed by atoms with Crippen LogP contribution in [0.2, 0.25) is 0 Å². The fourth-order valence-corrected chi connectivity index (χ4v) is 3.46. The number of amides is 2. The Morgan fingerprint density at radius 3 is 2.61 bits per heavy atom. The molecule has 18 heavy (non-hydrogen) atoms. The molecule has 1 saturated carbocycles. The van der Waals surface area contributed by atoms with Gasteiger partial charge in [0, 0.05) is 24.0 Å². The molecule has 104 valence electrons. The van der Waals surface area contributed by atoms with E-state index in [1.54, 1.807) is 0 Å². The molecule has 0 aromatic carbocycles. The zero-order chi connectivity index (χ0) is 13.5. The fourth-order valence-electron chi connectivity index (χ4n) is 2.27. The molecule has 6 heteroatoms. The van der Waals surface area contributed by atoms with Gasteiger partial charge in [-0.1, -0.05) is 12.8 Å². The first-order valence-corrected chi connectivity index (χ1v) is 8.21. The zero-order valence-electron chi connectivity index (χ0n) is 10.9. The van der Waals surface area contributed by atoms with Gasteiger partial charge in [0.25, 0.3) is 0 Å². The lowest BCUT2D eigenvalue weighted by Crippen LogP contribution is -2.53. The van der Waals surface area contributed by atoms with Crippen molar-refractivity contribution in [2.24, 2.45) is 0 Å². The quantitative estimate of drug-likeness (QED) is 0.667. The van der Waals surface area contributed by atoms with E-state index in [4.69, 9.17) is 0 Å². The third-order valence-electron chi connectivity index (χ3n) is 3.21. The summed E-state index contributed by atoms with van der Waals surface area (Å²) in [6, 6.07) is -0.312. The Morgan fingerprint density at radius 2 is 2.06 bits per heavy atom. The third kappa shape index (κ3) is 4.72. The molecular weight excluding hydrogens is 268 g/mol. The second-order valence-corrected chi connectivity index (χ2v) is 6.05. The first-order valence-electron chi connectivity index (χ1n) is 6.29. The Kier molecular flexibility index (Phi) is 6.92. The van der Waals surface area contributed by atoms with E-state index in [1.807, 2.05) is 11.8 Å². The van der Waals surface area contributed by atoms with Crippen LogP contribution in [0.5, 0.6) is 0 Å². The SMILES string of the molecule is CSC1CCCCC1NC(=O)C(CS)NC(C)=O. The molecule has 0 heterocycles. The number of hydrogen-bond acceptors (Lipinski definition) is 4. The molecular formula is C12H22N2O2S2. The largest absolute Gasteiger partial charge is 0.350 e. The summed E-state index contributed by atoms with van der Waals surface area (Å²) in [4.78, 5) is 23.1. The van der Waals surface area contributed by atoms with Crippen LogP contribution >= 0.6 is 24.4 Å². The Labute approximate surface area is 118 Å². The van der Waals surface area contributed by atoms with E-state index in [9.17, 15) is 9.59 Å². The van der Waals surface area contributed by atoms with Crippen molar-refractivity contribution < 1.29 is 9.59 Å². The van der Waals surface area contributed by atoms with E-state index in [0.29, 0.717) is 11.0 Å². The van der Waals surface area contributed by atoms with Crippen LogP contribution in [0.1, 0.15) is 32.6 Å².